The SMILES string of the molecule is c1ccc(-c2nc(-c3cccc(-c4cccc5sc6ccccc6c45)c3)nc(-c3cccc(-c4cccc5sc6ccc(-c7cc(-c8cc(-c9nc(-c%10ccccc%10)nc(-c%10ccccc%10)n9)cc(-c9cccc%10sc%11ccccc%11c9%10)c8)c8c(c7)sc7ccccc78)cc6c45)c3)n2)cc1. The second-order valence-corrected chi connectivity index (χ2v) is 29.5. The van der Waals surface area contributed by atoms with Crippen molar-refractivity contribution in [3.63, 3.8) is 0 Å². The topological polar surface area (TPSA) is 77.3 Å². The molecule has 0 radical (unpaired) electrons. The maximum atomic E-state index is 5.36. The van der Waals surface area contributed by atoms with Crippen molar-refractivity contribution in [2.24, 2.45) is 0 Å². The molecule has 6 aromatic heterocycles. The summed E-state index contributed by atoms with van der Waals surface area (Å²) in [5, 5.41) is 9.88. The molecule has 0 aliphatic rings. The van der Waals surface area contributed by atoms with Gasteiger partial charge in [-0.1, -0.05) is 224 Å². The van der Waals surface area contributed by atoms with Crippen molar-refractivity contribution in [1.82, 2.24) is 29.9 Å². The van der Waals surface area contributed by atoms with Crippen LogP contribution >= 0.6 is 45.3 Å². The van der Waals surface area contributed by atoms with Crippen molar-refractivity contribution in [2.45, 2.75) is 0 Å². The van der Waals surface area contributed by atoms with E-state index in [0.717, 1.165) is 83.5 Å². The highest BCUT2D eigenvalue weighted by molar-refractivity contribution is 7.27. The van der Waals surface area contributed by atoms with Gasteiger partial charge in [-0.05, 0) is 147 Å². The minimum Gasteiger partial charge on any atom is -0.208 e. The molecule has 0 fully saturated rings. The lowest BCUT2D eigenvalue weighted by Crippen LogP contribution is -2.00. The second-order valence-electron chi connectivity index (χ2n) is 25.2. The molecular weight excluding hydrogens is 1290 g/mol. The fraction of sp³-hybridized carbons (Fsp3) is 0. The van der Waals surface area contributed by atoms with Crippen LogP contribution in [0, 0.1) is 0 Å². The summed E-state index contributed by atoms with van der Waals surface area (Å²) in [7, 11) is 0. The van der Waals surface area contributed by atoms with E-state index in [9.17, 15) is 0 Å². The molecule has 14 aromatic carbocycles. The van der Waals surface area contributed by atoms with E-state index >= 15 is 0 Å². The molecule has 0 saturated carbocycles. The normalized spacial score (nSPS) is 11.8. The van der Waals surface area contributed by atoms with Crippen molar-refractivity contribution in [3.8, 4) is 124 Å². The predicted octanol–water partition coefficient (Wildman–Crippen LogP) is 25.9. The van der Waals surface area contributed by atoms with E-state index in [1.165, 1.54) is 86.3 Å². The lowest BCUT2D eigenvalue weighted by Gasteiger charge is -2.15. The third-order valence-corrected chi connectivity index (χ3v) is 23.7. The van der Waals surface area contributed by atoms with Crippen LogP contribution < -0.4 is 0 Å². The minimum absolute atomic E-state index is 0.602. The first-order chi connectivity index (χ1) is 49.5. The van der Waals surface area contributed by atoms with Crippen LogP contribution in [0.5, 0.6) is 0 Å². The van der Waals surface area contributed by atoms with Gasteiger partial charge in [-0.3, -0.25) is 0 Å². The molecule has 0 aliphatic carbocycles. The zero-order chi connectivity index (χ0) is 65.8. The highest BCUT2D eigenvalue weighted by Gasteiger charge is 2.23. The average Bonchev–Trinajstić information content (AvgIpc) is 1.72. The largest absolute Gasteiger partial charge is 0.208 e. The molecule has 0 amide bonds. The summed E-state index contributed by atoms with van der Waals surface area (Å²) >= 11 is 7.35. The lowest BCUT2D eigenvalue weighted by molar-refractivity contribution is 1.07. The predicted molar refractivity (Wildman–Crippen MR) is 425 cm³/mol. The first-order valence-electron chi connectivity index (χ1n) is 33.3. The molecule has 10 heteroatoms. The van der Waals surface area contributed by atoms with Crippen molar-refractivity contribution < 1.29 is 0 Å². The number of aromatic nitrogens is 6. The quantitative estimate of drug-likeness (QED) is 0.128. The Bertz CT molecular complexity index is 6610. The van der Waals surface area contributed by atoms with E-state index in [1.807, 2.05) is 99.9 Å². The van der Waals surface area contributed by atoms with Crippen LogP contribution in [-0.4, -0.2) is 29.9 Å². The van der Waals surface area contributed by atoms with E-state index in [1.54, 1.807) is 0 Å². The van der Waals surface area contributed by atoms with Gasteiger partial charge in [0.15, 0.2) is 34.9 Å². The Morgan fingerprint density at radius 2 is 0.460 bits per heavy atom. The smallest absolute Gasteiger partial charge is 0.164 e. The third-order valence-electron chi connectivity index (χ3n) is 19.2. The van der Waals surface area contributed by atoms with Crippen LogP contribution in [0.2, 0.25) is 0 Å². The Hall–Kier alpha value is -12.0. The molecule has 0 atom stereocenters. The molecule has 20 rings (SSSR count). The molecule has 20 aromatic rings. The highest BCUT2D eigenvalue weighted by Crippen LogP contribution is 2.49. The molecule has 6 nitrogen and oxygen atoms in total. The zero-order valence-electron chi connectivity index (χ0n) is 53.3. The van der Waals surface area contributed by atoms with Gasteiger partial charge in [0.05, 0.1) is 0 Å². The lowest BCUT2D eigenvalue weighted by atomic mass is 9.90. The van der Waals surface area contributed by atoms with Gasteiger partial charge >= 0.3 is 0 Å². The van der Waals surface area contributed by atoms with E-state index in [2.05, 4.69) is 261 Å². The maximum Gasteiger partial charge on any atom is 0.164 e. The summed E-state index contributed by atoms with van der Waals surface area (Å²) in [5.41, 5.74) is 16.7. The summed E-state index contributed by atoms with van der Waals surface area (Å²) in [6, 6.07) is 113. The summed E-state index contributed by atoms with van der Waals surface area (Å²) in [6.45, 7) is 0. The summed E-state index contributed by atoms with van der Waals surface area (Å²) < 4.78 is 9.95. The van der Waals surface area contributed by atoms with E-state index < -0.39 is 0 Å². The molecule has 0 bridgehead atoms. The van der Waals surface area contributed by atoms with Gasteiger partial charge in [0.25, 0.3) is 0 Å². The number of fused-ring (bicyclic) bond motifs is 12. The van der Waals surface area contributed by atoms with Crippen LogP contribution in [-0.2, 0) is 0 Å². The zero-order valence-corrected chi connectivity index (χ0v) is 56.6. The van der Waals surface area contributed by atoms with E-state index in [0.29, 0.717) is 34.9 Å². The molecule has 466 valence electrons. The average molecular weight is 1350 g/mol. The molecule has 6 heterocycles. The maximum absolute atomic E-state index is 5.36. The number of benzene rings is 14. The van der Waals surface area contributed by atoms with Gasteiger partial charge in [-0.25, -0.2) is 29.9 Å². The van der Waals surface area contributed by atoms with Crippen molar-refractivity contribution in [2.75, 3.05) is 0 Å². The summed E-state index contributed by atoms with van der Waals surface area (Å²) in [4.78, 5) is 31.7. The molecule has 0 N–H and O–H groups in total. The van der Waals surface area contributed by atoms with Crippen LogP contribution in [0.4, 0.5) is 0 Å². The number of hydrogen-bond acceptors (Lipinski definition) is 10. The Morgan fingerprint density at radius 3 is 0.930 bits per heavy atom. The van der Waals surface area contributed by atoms with Crippen LogP contribution in [0.1, 0.15) is 0 Å². The fourth-order valence-electron chi connectivity index (χ4n) is 14.5. The van der Waals surface area contributed by atoms with Crippen LogP contribution in [0.15, 0.2) is 315 Å². The third kappa shape index (κ3) is 10.1. The highest BCUT2D eigenvalue weighted by atomic mass is 32.1. The Kier molecular flexibility index (Phi) is 13.9. The summed E-state index contributed by atoms with van der Waals surface area (Å²) in [5.74, 6) is 3.68. The van der Waals surface area contributed by atoms with Gasteiger partial charge in [-0.15, -0.1) is 45.3 Å². The molecular formula is C90H52N6S4. The first-order valence-corrected chi connectivity index (χ1v) is 36.5. The molecule has 0 aliphatic heterocycles. The number of thiophene rings is 4. The van der Waals surface area contributed by atoms with E-state index in [4.69, 9.17) is 29.9 Å². The van der Waals surface area contributed by atoms with Crippen molar-refractivity contribution >= 4 is 126 Å². The van der Waals surface area contributed by atoms with Crippen LogP contribution in [0.3, 0.4) is 0 Å². The van der Waals surface area contributed by atoms with Gasteiger partial charge in [0.2, 0.25) is 0 Å². The van der Waals surface area contributed by atoms with E-state index in [-0.39, 0.29) is 0 Å². The summed E-state index contributed by atoms with van der Waals surface area (Å²) in [6.07, 6.45) is 0. The Morgan fingerprint density at radius 1 is 0.150 bits per heavy atom. The van der Waals surface area contributed by atoms with Gasteiger partial charge < -0.3 is 0 Å². The van der Waals surface area contributed by atoms with Gasteiger partial charge in [0.1, 0.15) is 0 Å². The molecule has 0 saturated heterocycles. The van der Waals surface area contributed by atoms with Crippen molar-refractivity contribution in [1.29, 1.82) is 0 Å². The number of nitrogens with zero attached hydrogens (tertiary/aromatic N) is 6. The number of hydrogen-bond donors (Lipinski definition) is 0. The van der Waals surface area contributed by atoms with Gasteiger partial charge in [0, 0.05) is 114 Å². The monoisotopic (exact) mass is 1340 g/mol. The Labute approximate surface area is 590 Å². The fourth-order valence-corrected chi connectivity index (χ4v) is 19.1. The first kappa shape index (κ1) is 58.2. The van der Waals surface area contributed by atoms with Gasteiger partial charge in [-0.2, -0.15) is 0 Å². The van der Waals surface area contributed by atoms with Crippen LogP contribution in [0.25, 0.3) is 205 Å². The minimum atomic E-state index is 0.602. The standard InChI is InChI=1S/C90H52N6S4/c1-4-21-53(22-5-1)85-91-86(54-23-6-2-7-24-54)95-90(94-85)64-48-62(67-36-20-41-78-82(67)69-32-11-14-38-74(69)98-78)47-63(49-64)71-51-61(52-80-84(71)70-33-12-15-39-75(70)100-80)56-43-44-76-72(50-56)83-66(35-19-42-79(83)99-76)58-28-17-30-60(46-58)89-93-87(55-25-8-3-9-26-55)92-88(96-89)59-29-16-27-57(45-59)65-34-18-40-77-81(65)68-31-10-13-37-73(68)97-77/h1-52H. The molecule has 0 unspecified atom stereocenters. The molecule has 0 spiro atoms. The second kappa shape index (κ2) is 23.9. The molecule has 100 heavy (non-hydrogen) atoms. The number of rotatable bonds is 11. The Balaban J connectivity index is 0.740. The van der Waals surface area contributed by atoms with Crippen molar-refractivity contribution in [3.05, 3.63) is 315 Å².